The molecule has 0 spiro atoms. The van der Waals surface area contributed by atoms with Gasteiger partial charge in [0.05, 0.1) is 24.8 Å². The van der Waals surface area contributed by atoms with Crippen LogP contribution in [0.3, 0.4) is 0 Å². The normalized spacial score (nSPS) is 10.3. The van der Waals surface area contributed by atoms with Crippen LogP contribution in [0, 0.1) is 6.92 Å². The number of esters is 1. The minimum Gasteiger partial charge on any atom is -0.465 e. The molecule has 0 aliphatic heterocycles. The number of ether oxygens (including phenoxy) is 1. The standard InChI is InChI=1S/C17H24N2O4/c1-7-19(9-10(2)3)14(21)8-13-15(17(22)23-6)11(4)16(18-13)12(5)20/h18H,2,7-9H2,1,3-6H3. The highest BCUT2D eigenvalue weighted by molar-refractivity contribution is 6.01. The fraction of sp³-hybridized carbons (Fsp3) is 0.471. The van der Waals surface area contributed by atoms with Gasteiger partial charge < -0.3 is 14.6 Å². The molecular weight excluding hydrogens is 296 g/mol. The number of rotatable bonds is 7. The Labute approximate surface area is 136 Å². The monoisotopic (exact) mass is 320 g/mol. The molecule has 126 valence electrons. The van der Waals surface area contributed by atoms with Crippen LogP contribution in [-0.2, 0) is 16.0 Å². The van der Waals surface area contributed by atoms with Crippen molar-refractivity contribution < 1.29 is 19.1 Å². The molecule has 0 aliphatic carbocycles. The minimum absolute atomic E-state index is 0.000324. The Hall–Kier alpha value is -2.37. The predicted molar refractivity (Wildman–Crippen MR) is 87.6 cm³/mol. The van der Waals surface area contributed by atoms with E-state index < -0.39 is 5.97 Å². The van der Waals surface area contributed by atoms with Crippen LogP contribution < -0.4 is 0 Å². The second kappa shape index (κ2) is 7.76. The Morgan fingerprint density at radius 1 is 1.26 bits per heavy atom. The lowest BCUT2D eigenvalue weighted by Gasteiger charge is -2.21. The lowest BCUT2D eigenvalue weighted by Crippen LogP contribution is -2.33. The number of carbonyl (C=O) groups is 3. The largest absolute Gasteiger partial charge is 0.465 e. The Morgan fingerprint density at radius 3 is 2.30 bits per heavy atom. The number of hydrogen-bond donors (Lipinski definition) is 1. The molecule has 1 aromatic rings. The topological polar surface area (TPSA) is 79.5 Å². The summed E-state index contributed by atoms with van der Waals surface area (Å²) < 4.78 is 4.77. The maximum atomic E-state index is 12.5. The predicted octanol–water partition coefficient (Wildman–Crippen LogP) is 2.28. The van der Waals surface area contributed by atoms with Crippen LogP contribution in [0.15, 0.2) is 12.2 Å². The SMILES string of the molecule is C=C(C)CN(CC)C(=O)Cc1[nH]c(C(C)=O)c(C)c1C(=O)OC. The summed E-state index contributed by atoms with van der Waals surface area (Å²) in [6, 6.07) is 0. The van der Waals surface area contributed by atoms with Gasteiger partial charge in [0.2, 0.25) is 5.91 Å². The number of aromatic nitrogens is 1. The number of nitrogens with zero attached hydrogens (tertiary/aromatic N) is 1. The molecule has 0 saturated heterocycles. The Kier molecular flexibility index (Phi) is 6.30. The quantitative estimate of drug-likeness (QED) is 0.475. The molecule has 0 fully saturated rings. The van der Waals surface area contributed by atoms with Crippen molar-refractivity contribution in [3.8, 4) is 0 Å². The molecule has 0 unspecified atom stereocenters. The lowest BCUT2D eigenvalue weighted by molar-refractivity contribution is -0.129. The van der Waals surface area contributed by atoms with E-state index in [1.54, 1.807) is 11.8 Å². The highest BCUT2D eigenvalue weighted by Crippen LogP contribution is 2.21. The second-order valence-electron chi connectivity index (χ2n) is 5.57. The van der Waals surface area contributed by atoms with Crippen molar-refractivity contribution in [3.63, 3.8) is 0 Å². The van der Waals surface area contributed by atoms with Gasteiger partial charge in [-0.15, -0.1) is 0 Å². The molecule has 6 nitrogen and oxygen atoms in total. The van der Waals surface area contributed by atoms with E-state index in [1.807, 2.05) is 13.8 Å². The van der Waals surface area contributed by atoms with Gasteiger partial charge in [0.15, 0.2) is 5.78 Å². The first-order valence-corrected chi connectivity index (χ1v) is 7.45. The van der Waals surface area contributed by atoms with Crippen LogP contribution in [0.2, 0.25) is 0 Å². The summed E-state index contributed by atoms with van der Waals surface area (Å²) in [6.07, 6.45) is -0.000324. The number of amides is 1. The van der Waals surface area contributed by atoms with Gasteiger partial charge in [-0.2, -0.15) is 0 Å². The molecule has 0 radical (unpaired) electrons. The van der Waals surface area contributed by atoms with E-state index in [-0.39, 0.29) is 23.7 Å². The minimum atomic E-state index is -0.558. The molecule has 1 heterocycles. The molecule has 0 aromatic carbocycles. The van der Waals surface area contributed by atoms with Crippen molar-refractivity contribution in [3.05, 3.63) is 34.7 Å². The fourth-order valence-corrected chi connectivity index (χ4v) is 2.49. The Balaban J connectivity index is 3.18. The summed E-state index contributed by atoms with van der Waals surface area (Å²) in [4.78, 5) is 40.7. The van der Waals surface area contributed by atoms with E-state index in [1.165, 1.54) is 14.0 Å². The fourth-order valence-electron chi connectivity index (χ4n) is 2.49. The number of ketones is 1. The maximum absolute atomic E-state index is 12.5. The first-order valence-electron chi connectivity index (χ1n) is 7.45. The molecule has 1 amide bonds. The number of hydrogen-bond acceptors (Lipinski definition) is 4. The van der Waals surface area contributed by atoms with Crippen molar-refractivity contribution in [1.82, 2.24) is 9.88 Å². The number of H-pyrrole nitrogens is 1. The average molecular weight is 320 g/mol. The highest BCUT2D eigenvalue weighted by Gasteiger charge is 2.25. The van der Waals surface area contributed by atoms with E-state index in [0.29, 0.717) is 30.0 Å². The number of carbonyl (C=O) groups excluding carboxylic acids is 3. The van der Waals surface area contributed by atoms with E-state index >= 15 is 0 Å². The van der Waals surface area contributed by atoms with Crippen molar-refractivity contribution in [2.45, 2.75) is 34.1 Å². The van der Waals surface area contributed by atoms with Gasteiger partial charge in [-0.1, -0.05) is 12.2 Å². The van der Waals surface area contributed by atoms with Gasteiger partial charge in [0.25, 0.3) is 0 Å². The molecule has 0 aliphatic rings. The van der Waals surface area contributed by atoms with Crippen LogP contribution in [0.1, 0.15) is 52.9 Å². The maximum Gasteiger partial charge on any atom is 0.339 e. The van der Waals surface area contributed by atoms with Crippen molar-refractivity contribution in [2.24, 2.45) is 0 Å². The summed E-state index contributed by atoms with van der Waals surface area (Å²) >= 11 is 0. The first-order chi connectivity index (χ1) is 10.7. The molecule has 0 bridgehead atoms. The van der Waals surface area contributed by atoms with Crippen LogP contribution in [0.5, 0.6) is 0 Å². The highest BCUT2D eigenvalue weighted by atomic mass is 16.5. The summed E-state index contributed by atoms with van der Waals surface area (Å²) in [5.41, 5.74) is 2.38. The lowest BCUT2D eigenvalue weighted by atomic mass is 10.1. The van der Waals surface area contributed by atoms with Crippen LogP contribution in [0.4, 0.5) is 0 Å². The van der Waals surface area contributed by atoms with Gasteiger partial charge in [-0.05, 0) is 26.3 Å². The van der Waals surface area contributed by atoms with E-state index in [2.05, 4.69) is 11.6 Å². The number of nitrogens with one attached hydrogen (secondary N) is 1. The number of aromatic amines is 1. The molecular formula is C17H24N2O4. The molecule has 1 N–H and O–H groups in total. The molecule has 1 rings (SSSR count). The summed E-state index contributed by atoms with van der Waals surface area (Å²) in [5.74, 6) is -0.894. The summed E-state index contributed by atoms with van der Waals surface area (Å²) in [5, 5.41) is 0. The third-order valence-electron chi connectivity index (χ3n) is 3.59. The van der Waals surface area contributed by atoms with Crippen molar-refractivity contribution in [1.29, 1.82) is 0 Å². The van der Waals surface area contributed by atoms with Gasteiger partial charge in [-0.25, -0.2) is 4.79 Å². The molecule has 1 aromatic heterocycles. The van der Waals surface area contributed by atoms with Crippen LogP contribution in [-0.4, -0.2) is 47.7 Å². The zero-order valence-electron chi connectivity index (χ0n) is 14.4. The van der Waals surface area contributed by atoms with Crippen LogP contribution in [0.25, 0.3) is 0 Å². The zero-order chi connectivity index (χ0) is 17.7. The summed E-state index contributed by atoms with van der Waals surface area (Å²) in [7, 11) is 1.27. The van der Waals surface area contributed by atoms with E-state index in [4.69, 9.17) is 4.74 Å². The number of methoxy groups -OCH3 is 1. The molecule has 0 atom stereocenters. The Morgan fingerprint density at radius 2 is 1.87 bits per heavy atom. The average Bonchev–Trinajstić information content (AvgIpc) is 2.80. The van der Waals surface area contributed by atoms with Gasteiger partial charge >= 0.3 is 5.97 Å². The third kappa shape index (κ3) is 4.31. The zero-order valence-corrected chi connectivity index (χ0v) is 14.4. The number of likely N-dealkylation sites (N-methyl/N-ethyl adjacent to an activating group) is 1. The summed E-state index contributed by atoms with van der Waals surface area (Å²) in [6.45, 7) is 11.6. The molecule has 23 heavy (non-hydrogen) atoms. The smallest absolute Gasteiger partial charge is 0.339 e. The van der Waals surface area contributed by atoms with Crippen molar-refractivity contribution >= 4 is 17.7 Å². The molecule has 0 saturated carbocycles. The second-order valence-corrected chi connectivity index (χ2v) is 5.57. The Bertz CT molecular complexity index is 643. The van der Waals surface area contributed by atoms with Gasteiger partial charge in [0.1, 0.15) is 0 Å². The third-order valence-corrected chi connectivity index (χ3v) is 3.59. The van der Waals surface area contributed by atoms with E-state index in [0.717, 1.165) is 5.57 Å². The van der Waals surface area contributed by atoms with Gasteiger partial charge in [0, 0.05) is 25.7 Å². The first kappa shape index (κ1) is 18.7. The van der Waals surface area contributed by atoms with Crippen molar-refractivity contribution in [2.75, 3.05) is 20.2 Å². The number of Topliss-reactive ketones (excluding diaryl/α,β-unsaturated/α-hetero) is 1. The van der Waals surface area contributed by atoms with E-state index in [9.17, 15) is 14.4 Å². The van der Waals surface area contributed by atoms with Gasteiger partial charge in [-0.3, -0.25) is 9.59 Å². The van der Waals surface area contributed by atoms with Crippen LogP contribution >= 0.6 is 0 Å². The molecule has 6 heteroatoms.